The van der Waals surface area contributed by atoms with Crippen LogP contribution in [0.4, 0.5) is 29.2 Å². The molecule has 0 bridgehead atoms. The van der Waals surface area contributed by atoms with Gasteiger partial charge >= 0.3 is 20.5 Å². The van der Waals surface area contributed by atoms with E-state index in [9.17, 15) is 9.59 Å². The Labute approximate surface area is 291 Å². The zero-order valence-electron chi connectivity index (χ0n) is 29.2. The summed E-state index contributed by atoms with van der Waals surface area (Å²) in [6, 6.07) is 14.7. The molecule has 0 saturated carbocycles. The average molecular weight is 715 g/mol. The summed E-state index contributed by atoms with van der Waals surface area (Å²) < 4.78 is 23.1. The number of carbonyl (C=O) groups excluding carboxylic acids is 2. The fourth-order valence-corrected chi connectivity index (χ4v) is 13.1. The Balaban J connectivity index is 1.75. The number of unbranched alkanes of at least 4 members (excludes halogenated alkanes) is 2. The molecule has 0 amide bonds. The van der Waals surface area contributed by atoms with Crippen LogP contribution in [0.15, 0.2) is 48.5 Å². The van der Waals surface area contributed by atoms with Gasteiger partial charge in [-0.2, -0.15) is 15.0 Å². The first-order valence-electron chi connectivity index (χ1n) is 16.4. The summed E-state index contributed by atoms with van der Waals surface area (Å²) >= 11 is 1.36. The Morgan fingerprint density at radius 2 is 1.17 bits per heavy atom. The fraction of sp³-hybridized carbons (Fsp3) is 0.485. The van der Waals surface area contributed by atoms with Crippen molar-refractivity contribution >= 4 is 70.1 Å². The van der Waals surface area contributed by atoms with Crippen molar-refractivity contribution in [2.45, 2.75) is 78.2 Å². The van der Waals surface area contributed by atoms with Crippen LogP contribution in [0.2, 0.25) is 32.2 Å². The predicted octanol–water partition coefficient (Wildman–Crippen LogP) is 8.29. The molecule has 0 fully saturated rings. The molecule has 1 heterocycles. The summed E-state index contributed by atoms with van der Waals surface area (Å²) in [5.41, 5.74) is 2.31. The second kappa shape index (κ2) is 19.5. The molecule has 1 unspecified atom stereocenters. The minimum Gasteiger partial charge on any atom is -0.462 e. The molecule has 0 aliphatic heterocycles. The lowest BCUT2D eigenvalue weighted by molar-refractivity contribution is 0.0490. The second-order valence-corrected chi connectivity index (χ2v) is 21.1. The van der Waals surface area contributed by atoms with Gasteiger partial charge in [0.25, 0.3) is 0 Å². The molecule has 0 spiro atoms. The van der Waals surface area contributed by atoms with Gasteiger partial charge in [-0.25, -0.2) is 9.59 Å². The maximum Gasteiger partial charge on any atom is 0.338 e. The second-order valence-electron chi connectivity index (χ2n) is 12.3. The predicted molar refractivity (Wildman–Crippen MR) is 198 cm³/mol. The summed E-state index contributed by atoms with van der Waals surface area (Å²) in [5.74, 6) is 0.270. The van der Waals surface area contributed by atoms with Crippen molar-refractivity contribution in [2.75, 3.05) is 42.0 Å². The number of hydrogen-bond donors (Lipinski definition) is 3. The molecule has 3 rings (SSSR count). The Bertz CT molecular complexity index is 1360. The van der Waals surface area contributed by atoms with Crippen LogP contribution in [0, 0.1) is 0 Å². The molecule has 0 aliphatic carbocycles. The first-order valence-corrected chi connectivity index (χ1v) is 23.5. The van der Waals surface area contributed by atoms with Crippen molar-refractivity contribution in [3.8, 4) is 0 Å². The number of nitrogens with one attached hydrogen (secondary N) is 3. The van der Waals surface area contributed by atoms with Crippen LogP contribution in [0.5, 0.6) is 0 Å². The van der Waals surface area contributed by atoms with Crippen LogP contribution >= 0.6 is 12.0 Å². The Kier molecular flexibility index (Phi) is 15.8. The normalized spacial score (nSPS) is 12.6. The van der Waals surface area contributed by atoms with Crippen molar-refractivity contribution in [2.24, 2.45) is 0 Å². The van der Waals surface area contributed by atoms with Gasteiger partial charge in [-0.1, -0.05) is 26.7 Å². The zero-order valence-corrected chi connectivity index (χ0v) is 32.0. The number of hydrogen-bond acceptors (Lipinski definition) is 13. The number of ether oxygens (including phenoxy) is 2. The van der Waals surface area contributed by atoms with Crippen molar-refractivity contribution in [3.63, 3.8) is 0 Å². The molecule has 0 aliphatic rings. The number of aromatic nitrogens is 3. The Morgan fingerprint density at radius 1 is 0.708 bits per heavy atom. The van der Waals surface area contributed by atoms with Gasteiger partial charge in [0.05, 0.1) is 24.3 Å². The summed E-state index contributed by atoms with van der Waals surface area (Å²) in [7, 11) is -4.13. The van der Waals surface area contributed by atoms with E-state index in [0.717, 1.165) is 38.1 Å². The average Bonchev–Trinajstić information content (AvgIpc) is 3.03. The van der Waals surface area contributed by atoms with Crippen LogP contribution in [0.25, 0.3) is 0 Å². The SMILES string of the molecule is CCCCOC(=O)c1ccc(Nc2nc(NCCC[Si](C)(OSC)O[Si](C)(C)C)nc(Nc3ccc(C(=O)OCCCC)cc3)n2)cc1. The molecule has 3 aromatic rings. The third kappa shape index (κ3) is 13.9. The molecule has 0 radical (unpaired) electrons. The van der Waals surface area contributed by atoms with E-state index in [1.165, 1.54) is 12.0 Å². The summed E-state index contributed by atoms with van der Waals surface area (Å²) in [6.07, 6.45) is 6.28. The molecular weight excluding hydrogens is 665 g/mol. The first kappa shape index (κ1) is 38.9. The molecule has 15 heteroatoms. The Hall–Kier alpha value is -3.51. The van der Waals surface area contributed by atoms with Gasteiger partial charge in [0.2, 0.25) is 17.8 Å². The van der Waals surface area contributed by atoms with E-state index in [2.05, 4.69) is 57.1 Å². The quantitative estimate of drug-likeness (QED) is 0.0421. The van der Waals surface area contributed by atoms with Gasteiger partial charge in [-0.15, -0.1) is 0 Å². The van der Waals surface area contributed by atoms with E-state index >= 15 is 0 Å². The molecule has 3 N–H and O–H groups in total. The molecule has 1 atom stereocenters. The highest BCUT2D eigenvalue weighted by molar-refractivity contribution is 7.94. The number of esters is 2. The van der Waals surface area contributed by atoms with Crippen LogP contribution in [-0.2, 0) is 17.5 Å². The van der Waals surface area contributed by atoms with Crippen LogP contribution < -0.4 is 16.0 Å². The monoisotopic (exact) mass is 714 g/mol. The lowest BCUT2D eigenvalue weighted by Crippen LogP contribution is -2.46. The van der Waals surface area contributed by atoms with E-state index < -0.39 is 16.9 Å². The number of anilines is 5. The topological polar surface area (TPSA) is 146 Å². The van der Waals surface area contributed by atoms with Gasteiger partial charge in [0.1, 0.15) is 0 Å². The first-order chi connectivity index (χ1) is 22.9. The van der Waals surface area contributed by atoms with E-state index in [1.54, 1.807) is 48.5 Å². The van der Waals surface area contributed by atoms with Crippen molar-refractivity contribution in [1.82, 2.24) is 15.0 Å². The highest BCUT2D eigenvalue weighted by Gasteiger charge is 2.36. The third-order valence-corrected chi connectivity index (χ3v) is 14.2. The van der Waals surface area contributed by atoms with E-state index in [4.69, 9.17) is 17.5 Å². The van der Waals surface area contributed by atoms with Crippen LogP contribution in [-0.4, -0.2) is 69.8 Å². The van der Waals surface area contributed by atoms with Gasteiger partial charge in [-0.05, 0) is 112 Å². The minimum absolute atomic E-state index is 0.302. The van der Waals surface area contributed by atoms with Crippen LogP contribution in [0.3, 0.4) is 0 Å². The fourth-order valence-electron chi connectivity index (χ4n) is 4.53. The molecule has 0 saturated heterocycles. The molecular formula is C33H50N6O6SSi2. The maximum absolute atomic E-state index is 12.3. The summed E-state index contributed by atoms with van der Waals surface area (Å²) in [6.45, 7) is 14.1. The van der Waals surface area contributed by atoms with Gasteiger partial charge < -0.3 is 33.4 Å². The van der Waals surface area contributed by atoms with E-state index in [0.29, 0.717) is 60.1 Å². The van der Waals surface area contributed by atoms with Gasteiger partial charge in [0.15, 0.2) is 8.32 Å². The minimum atomic E-state index is -2.35. The molecule has 2 aromatic carbocycles. The maximum atomic E-state index is 12.3. The van der Waals surface area contributed by atoms with Crippen molar-refractivity contribution in [3.05, 3.63) is 59.7 Å². The van der Waals surface area contributed by atoms with Crippen molar-refractivity contribution in [1.29, 1.82) is 0 Å². The van der Waals surface area contributed by atoms with Crippen molar-refractivity contribution < 1.29 is 27.1 Å². The molecule has 1 aromatic heterocycles. The zero-order chi connectivity index (χ0) is 35.0. The largest absolute Gasteiger partial charge is 0.462 e. The molecule has 12 nitrogen and oxygen atoms in total. The highest BCUT2D eigenvalue weighted by atomic mass is 32.2. The highest BCUT2D eigenvalue weighted by Crippen LogP contribution is 2.25. The summed E-state index contributed by atoms with van der Waals surface area (Å²) in [5, 5.41) is 9.74. The smallest absolute Gasteiger partial charge is 0.338 e. The lowest BCUT2D eigenvalue weighted by Gasteiger charge is -2.32. The van der Waals surface area contributed by atoms with E-state index in [1.807, 2.05) is 20.1 Å². The molecule has 48 heavy (non-hydrogen) atoms. The number of benzene rings is 2. The summed E-state index contributed by atoms with van der Waals surface area (Å²) in [4.78, 5) is 38.4. The number of rotatable bonds is 21. The van der Waals surface area contributed by atoms with Gasteiger partial charge in [0, 0.05) is 24.2 Å². The Morgan fingerprint density at radius 3 is 1.58 bits per heavy atom. The standard InChI is InChI=1S/C33H50N6O6SSi2/c1-8-10-22-42-29(40)25-13-17-27(18-14-25)35-32-37-31(34-21-12-24-48(7,44-46-3)45-47(4,5)6)38-33(39-32)36-28-19-15-26(16-20-28)30(41)43-23-11-9-2/h13-20H,8-12,21-24H2,1-7H3,(H3,34,35,36,37,38,39). The number of carbonyl (C=O) groups is 2. The van der Waals surface area contributed by atoms with Crippen LogP contribution in [0.1, 0.15) is 66.7 Å². The number of nitrogens with zero attached hydrogens (tertiary/aromatic N) is 3. The van der Waals surface area contributed by atoms with Gasteiger partial charge in [-0.3, -0.25) is 0 Å². The van der Waals surface area contributed by atoms with E-state index in [-0.39, 0.29) is 11.9 Å². The lowest BCUT2D eigenvalue weighted by atomic mass is 10.2. The third-order valence-electron chi connectivity index (χ3n) is 6.72. The molecule has 262 valence electrons.